The van der Waals surface area contributed by atoms with Crippen LogP contribution in [0.1, 0.15) is 59.8 Å². The van der Waals surface area contributed by atoms with E-state index in [1.807, 2.05) is 18.7 Å². The van der Waals surface area contributed by atoms with Gasteiger partial charge in [-0.15, -0.1) is 0 Å². The van der Waals surface area contributed by atoms with Crippen LogP contribution in [0.4, 0.5) is 0 Å². The Labute approximate surface area is 116 Å². The summed E-state index contributed by atoms with van der Waals surface area (Å²) in [4.78, 5) is 25.6. The molecule has 1 saturated heterocycles. The van der Waals surface area contributed by atoms with Crippen molar-refractivity contribution in [3.05, 3.63) is 0 Å². The summed E-state index contributed by atoms with van der Waals surface area (Å²) in [6.45, 7) is 9.65. The number of carboxylic acid groups (broad SMARTS) is 1. The van der Waals surface area contributed by atoms with E-state index in [-0.39, 0.29) is 12.3 Å². The standard InChI is InChI=1S/C15H27NO3/c1-5-15(6-2,13(18)19)11-12(17)16-9-7-14(3,4)8-10-16/h5-11H2,1-4H3,(H,18,19). The topological polar surface area (TPSA) is 57.6 Å². The summed E-state index contributed by atoms with van der Waals surface area (Å²) in [7, 11) is 0. The van der Waals surface area contributed by atoms with Crippen LogP contribution in [0.3, 0.4) is 0 Å². The average molecular weight is 269 g/mol. The quantitative estimate of drug-likeness (QED) is 0.835. The average Bonchev–Trinajstić information content (AvgIpc) is 2.35. The molecular formula is C15H27NO3. The Morgan fingerprint density at radius 2 is 1.63 bits per heavy atom. The molecule has 0 unspecified atom stereocenters. The molecule has 1 aliphatic rings. The van der Waals surface area contributed by atoms with E-state index in [2.05, 4.69) is 13.8 Å². The SMILES string of the molecule is CCC(CC)(CC(=O)N1CCC(C)(C)CC1)C(=O)O. The normalized spacial score (nSPS) is 19.3. The molecule has 4 heteroatoms. The second kappa shape index (κ2) is 5.93. The first kappa shape index (κ1) is 16.0. The zero-order chi connectivity index (χ0) is 14.7. The number of carbonyl (C=O) groups is 2. The van der Waals surface area contributed by atoms with E-state index in [1.165, 1.54) is 0 Å². The predicted molar refractivity (Wildman–Crippen MR) is 74.9 cm³/mol. The number of hydrogen-bond acceptors (Lipinski definition) is 2. The number of nitrogens with zero attached hydrogens (tertiary/aromatic N) is 1. The molecule has 0 atom stereocenters. The van der Waals surface area contributed by atoms with Crippen LogP contribution < -0.4 is 0 Å². The lowest BCUT2D eigenvalue weighted by molar-refractivity contribution is -0.154. The maximum absolute atomic E-state index is 12.3. The van der Waals surface area contributed by atoms with Gasteiger partial charge in [-0.1, -0.05) is 27.7 Å². The van der Waals surface area contributed by atoms with Crippen molar-refractivity contribution in [2.24, 2.45) is 10.8 Å². The molecule has 0 aromatic rings. The van der Waals surface area contributed by atoms with Gasteiger partial charge >= 0.3 is 5.97 Å². The van der Waals surface area contributed by atoms with Crippen molar-refractivity contribution in [3.63, 3.8) is 0 Å². The van der Waals surface area contributed by atoms with E-state index in [9.17, 15) is 14.7 Å². The van der Waals surface area contributed by atoms with Crippen LogP contribution in [-0.2, 0) is 9.59 Å². The highest BCUT2D eigenvalue weighted by Gasteiger charge is 2.39. The first-order valence-electron chi connectivity index (χ1n) is 7.27. The van der Waals surface area contributed by atoms with Gasteiger partial charge in [-0.3, -0.25) is 9.59 Å². The molecule has 19 heavy (non-hydrogen) atoms. The van der Waals surface area contributed by atoms with Crippen molar-refractivity contribution >= 4 is 11.9 Å². The van der Waals surface area contributed by atoms with Crippen LogP contribution in [0.5, 0.6) is 0 Å². The summed E-state index contributed by atoms with van der Waals surface area (Å²) in [6.07, 6.45) is 3.14. The van der Waals surface area contributed by atoms with Crippen molar-refractivity contribution in [2.45, 2.75) is 59.8 Å². The Morgan fingerprint density at radius 3 is 2.00 bits per heavy atom. The van der Waals surface area contributed by atoms with Gasteiger partial charge in [-0.05, 0) is 31.1 Å². The Bertz CT molecular complexity index is 335. The molecule has 0 aromatic heterocycles. The van der Waals surface area contributed by atoms with Gasteiger partial charge in [0.05, 0.1) is 5.41 Å². The molecule has 0 bridgehead atoms. The van der Waals surface area contributed by atoms with Gasteiger partial charge in [-0.2, -0.15) is 0 Å². The van der Waals surface area contributed by atoms with Crippen molar-refractivity contribution < 1.29 is 14.7 Å². The first-order valence-corrected chi connectivity index (χ1v) is 7.27. The van der Waals surface area contributed by atoms with Crippen LogP contribution >= 0.6 is 0 Å². The predicted octanol–water partition coefficient (Wildman–Crippen LogP) is 2.92. The molecule has 1 aliphatic heterocycles. The zero-order valence-electron chi connectivity index (χ0n) is 12.7. The van der Waals surface area contributed by atoms with Gasteiger partial charge < -0.3 is 10.0 Å². The molecule has 1 heterocycles. The molecule has 0 saturated carbocycles. The maximum Gasteiger partial charge on any atom is 0.310 e. The van der Waals surface area contributed by atoms with E-state index < -0.39 is 11.4 Å². The van der Waals surface area contributed by atoms with Gasteiger partial charge in [0.25, 0.3) is 0 Å². The molecule has 0 aromatic carbocycles. The number of piperidine rings is 1. The molecule has 1 amide bonds. The number of hydrogen-bond donors (Lipinski definition) is 1. The minimum Gasteiger partial charge on any atom is -0.481 e. The number of carboxylic acids is 1. The van der Waals surface area contributed by atoms with Crippen LogP contribution in [0.25, 0.3) is 0 Å². The van der Waals surface area contributed by atoms with E-state index in [4.69, 9.17) is 0 Å². The minimum absolute atomic E-state index is 0.00148. The summed E-state index contributed by atoms with van der Waals surface area (Å²) in [5, 5.41) is 9.38. The minimum atomic E-state index is -0.885. The van der Waals surface area contributed by atoms with E-state index in [1.54, 1.807) is 0 Å². The molecule has 110 valence electrons. The lowest BCUT2D eigenvalue weighted by atomic mass is 9.78. The first-order chi connectivity index (χ1) is 8.76. The van der Waals surface area contributed by atoms with Crippen molar-refractivity contribution in [1.82, 2.24) is 4.90 Å². The fourth-order valence-corrected chi connectivity index (χ4v) is 2.64. The third kappa shape index (κ3) is 3.71. The molecule has 0 spiro atoms. The Balaban J connectivity index is 2.66. The molecule has 1 rings (SSSR count). The largest absolute Gasteiger partial charge is 0.481 e. The van der Waals surface area contributed by atoms with Gasteiger partial charge in [0.2, 0.25) is 5.91 Å². The fraction of sp³-hybridized carbons (Fsp3) is 0.867. The highest BCUT2D eigenvalue weighted by atomic mass is 16.4. The highest BCUT2D eigenvalue weighted by molar-refractivity contribution is 5.85. The molecule has 0 aliphatic carbocycles. The Kier molecular flexibility index (Phi) is 4.99. The molecule has 1 N–H and O–H groups in total. The summed E-state index contributed by atoms with van der Waals surface area (Å²) >= 11 is 0. The lowest BCUT2D eigenvalue weighted by Gasteiger charge is -2.38. The van der Waals surface area contributed by atoms with Crippen LogP contribution in [0.15, 0.2) is 0 Å². The van der Waals surface area contributed by atoms with Crippen LogP contribution in [0.2, 0.25) is 0 Å². The lowest BCUT2D eigenvalue weighted by Crippen LogP contribution is -2.44. The molecular weight excluding hydrogens is 242 g/mol. The van der Waals surface area contributed by atoms with E-state index in [0.29, 0.717) is 18.3 Å². The molecule has 1 fully saturated rings. The second-order valence-corrected chi connectivity index (χ2v) is 6.51. The van der Waals surface area contributed by atoms with Gasteiger partial charge in [-0.25, -0.2) is 0 Å². The maximum atomic E-state index is 12.3. The fourth-order valence-electron chi connectivity index (χ4n) is 2.64. The second-order valence-electron chi connectivity index (χ2n) is 6.51. The van der Waals surface area contributed by atoms with Crippen molar-refractivity contribution in [2.75, 3.05) is 13.1 Å². The zero-order valence-corrected chi connectivity index (χ0v) is 12.7. The summed E-state index contributed by atoms with van der Waals surface area (Å²) < 4.78 is 0. The summed E-state index contributed by atoms with van der Waals surface area (Å²) in [5.41, 5.74) is -0.583. The number of amides is 1. The summed E-state index contributed by atoms with van der Waals surface area (Å²) in [5.74, 6) is -0.843. The van der Waals surface area contributed by atoms with Crippen molar-refractivity contribution in [1.29, 1.82) is 0 Å². The van der Waals surface area contributed by atoms with Gasteiger partial charge in [0.1, 0.15) is 0 Å². The van der Waals surface area contributed by atoms with Crippen LogP contribution in [0, 0.1) is 10.8 Å². The number of aliphatic carboxylic acids is 1. The number of likely N-dealkylation sites (tertiary alicyclic amines) is 1. The number of rotatable bonds is 5. The third-order valence-electron chi connectivity index (χ3n) is 4.77. The summed E-state index contributed by atoms with van der Waals surface area (Å²) in [6, 6.07) is 0. The van der Waals surface area contributed by atoms with E-state index >= 15 is 0 Å². The third-order valence-corrected chi connectivity index (χ3v) is 4.77. The Morgan fingerprint density at radius 1 is 1.16 bits per heavy atom. The molecule has 4 nitrogen and oxygen atoms in total. The van der Waals surface area contributed by atoms with Crippen LogP contribution in [-0.4, -0.2) is 35.0 Å². The number of carbonyl (C=O) groups excluding carboxylic acids is 1. The van der Waals surface area contributed by atoms with Crippen molar-refractivity contribution in [3.8, 4) is 0 Å². The monoisotopic (exact) mass is 269 g/mol. The smallest absolute Gasteiger partial charge is 0.310 e. The van der Waals surface area contributed by atoms with Gasteiger partial charge in [0, 0.05) is 19.5 Å². The highest BCUT2D eigenvalue weighted by Crippen LogP contribution is 2.34. The van der Waals surface area contributed by atoms with Gasteiger partial charge in [0.15, 0.2) is 0 Å². The molecule has 0 radical (unpaired) electrons. The Hall–Kier alpha value is -1.06. The van der Waals surface area contributed by atoms with E-state index in [0.717, 1.165) is 25.9 Å².